The van der Waals surface area contributed by atoms with Gasteiger partial charge in [-0.25, -0.2) is 9.78 Å². The zero-order valence-corrected chi connectivity index (χ0v) is 22.5. The van der Waals surface area contributed by atoms with Crippen LogP contribution in [0.1, 0.15) is 56.2 Å². The van der Waals surface area contributed by atoms with E-state index in [0.29, 0.717) is 24.0 Å². The van der Waals surface area contributed by atoms with E-state index in [9.17, 15) is 9.59 Å². The molecule has 2 aromatic rings. The number of hydrogen-bond donors (Lipinski definition) is 0. The number of urea groups is 1. The molecule has 198 valence electrons. The smallest absolute Gasteiger partial charge is 0.321 e. The Balaban J connectivity index is 1.33. The van der Waals surface area contributed by atoms with Gasteiger partial charge in [-0.1, -0.05) is 42.8 Å². The number of hydrogen-bond acceptors (Lipinski definition) is 5. The Morgan fingerprint density at radius 3 is 2.41 bits per heavy atom. The van der Waals surface area contributed by atoms with E-state index in [-0.39, 0.29) is 35.9 Å². The molecule has 0 radical (unpaired) electrons. The minimum Gasteiger partial charge on any atom is -0.481 e. The number of ketones is 1. The molecule has 1 aromatic heterocycles. The number of aromatic nitrogens is 1. The van der Waals surface area contributed by atoms with Crippen LogP contribution in [0.3, 0.4) is 0 Å². The summed E-state index contributed by atoms with van der Waals surface area (Å²) in [5, 5.41) is 0. The molecule has 1 aliphatic heterocycles. The standard InChI is InChI=1S/C30H40N4O3/c1-32(2)30(24-11-5-4-6-12-24)17-15-29(16-18-30)22-33(28(36)34(29)20-23-9-7-10-23)21-26(35)19-25-13-8-14-27(31-25)37-3/h4-6,8,11-14,23H,7,9-10,15-22H2,1-3H3. The van der Waals surface area contributed by atoms with Crippen LogP contribution in [0, 0.1) is 5.92 Å². The molecule has 0 atom stereocenters. The van der Waals surface area contributed by atoms with Crippen molar-refractivity contribution in [3.8, 4) is 5.88 Å². The Morgan fingerprint density at radius 1 is 1.05 bits per heavy atom. The maximum Gasteiger partial charge on any atom is 0.321 e. The topological polar surface area (TPSA) is 66.0 Å². The van der Waals surface area contributed by atoms with E-state index in [0.717, 1.165) is 32.2 Å². The number of rotatable bonds is 9. The third kappa shape index (κ3) is 4.98. The van der Waals surface area contributed by atoms with Gasteiger partial charge in [-0.2, -0.15) is 0 Å². The highest BCUT2D eigenvalue weighted by atomic mass is 16.5. The quantitative estimate of drug-likeness (QED) is 0.503. The van der Waals surface area contributed by atoms with Crippen LogP contribution in [-0.4, -0.2) is 77.9 Å². The molecule has 2 heterocycles. The number of benzene rings is 1. The van der Waals surface area contributed by atoms with Gasteiger partial charge >= 0.3 is 6.03 Å². The average molecular weight is 505 g/mol. The van der Waals surface area contributed by atoms with Gasteiger partial charge in [-0.05, 0) is 70.2 Å². The van der Waals surface area contributed by atoms with Gasteiger partial charge in [0.25, 0.3) is 0 Å². The normalized spacial score (nSPS) is 26.1. The Hall–Kier alpha value is -2.93. The number of carbonyl (C=O) groups excluding carboxylic acids is 2. The first-order valence-electron chi connectivity index (χ1n) is 13.7. The highest BCUT2D eigenvalue weighted by Crippen LogP contribution is 2.49. The van der Waals surface area contributed by atoms with E-state index >= 15 is 0 Å². The maximum atomic E-state index is 13.8. The highest BCUT2D eigenvalue weighted by Gasteiger charge is 2.55. The fourth-order valence-electron chi connectivity index (χ4n) is 6.65. The minimum atomic E-state index is -0.199. The van der Waals surface area contributed by atoms with Gasteiger partial charge < -0.3 is 14.5 Å². The number of carbonyl (C=O) groups is 2. The van der Waals surface area contributed by atoms with Crippen LogP contribution >= 0.6 is 0 Å². The van der Waals surface area contributed by atoms with Crippen molar-refractivity contribution in [1.82, 2.24) is 19.7 Å². The number of methoxy groups -OCH3 is 1. The molecule has 3 fully saturated rings. The van der Waals surface area contributed by atoms with Crippen molar-refractivity contribution in [3.63, 3.8) is 0 Å². The molecule has 1 aromatic carbocycles. The Labute approximate surface area is 220 Å². The SMILES string of the molecule is COc1cccc(CC(=O)CN2CC3(CCC(c4ccccc4)(N(C)C)CC3)N(CC3CCC3)C2=O)n1. The molecule has 0 bridgehead atoms. The van der Waals surface area contributed by atoms with E-state index in [1.807, 2.05) is 17.0 Å². The van der Waals surface area contributed by atoms with Gasteiger partial charge in [0.1, 0.15) is 0 Å². The average Bonchev–Trinajstić information content (AvgIpc) is 3.12. The molecule has 7 heteroatoms. The van der Waals surface area contributed by atoms with Crippen molar-refractivity contribution in [2.24, 2.45) is 5.92 Å². The van der Waals surface area contributed by atoms with Crippen molar-refractivity contribution in [3.05, 3.63) is 59.8 Å². The van der Waals surface area contributed by atoms with Gasteiger partial charge in [0.05, 0.1) is 31.3 Å². The van der Waals surface area contributed by atoms with E-state index in [1.54, 1.807) is 13.2 Å². The lowest BCUT2D eigenvalue weighted by Gasteiger charge is -2.51. The zero-order chi connectivity index (χ0) is 26.0. The monoisotopic (exact) mass is 504 g/mol. The van der Waals surface area contributed by atoms with Gasteiger partial charge in [0, 0.05) is 24.7 Å². The first-order chi connectivity index (χ1) is 17.8. The van der Waals surface area contributed by atoms with Crippen molar-refractivity contribution < 1.29 is 14.3 Å². The zero-order valence-electron chi connectivity index (χ0n) is 22.5. The summed E-state index contributed by atoms with van der Waals surface area (Å²) < 4.78 is 5.20. The third-order valence-corrected chi connectivity index (χ3v) is 9.14. The van der Waals surface area contributed by atoms with Crippen LogP contribution in [-0.2, 0) is 16.8 Å². The summed E-state index contributed by atoms with van der Waals surface area (Å²) in [6.07, 6.45) is 7.74. The Bertz CT molecular complexity index is 1110. The molecular formula is C30H40N4O3. The molecule has 5 rings (SSSR count). The van der Waals surface area contributed by atoms with Gasteiger partial charge in [-0.15, -0.1) is 0 Å². The second-order valence-electron chi connectivity index (χ2n) is 11.4. The predicted molar refractivity (Wildman–Crippen MR) is 144 cm³/mol. The Kier molecular flexibility index (Phi) is 7.26. The molecule has 2 saturated carbocycles. The second kappa shape index (κ2) is 10.4. The molecule has 2 amide bonds. The molecule has 3 aliphatic rings. The van der Waals surface area contributed by atoms with Crippen LogP contribution in [0.2, 0.25) is 0 Å². The first-order valence-corrected chi connectivity index (χ1v) is 13.7. The van der Waals surface area contributed by atoms with Gasteiger partial charge in [-0.3, -0.25) is 9.69 Å². The Morgan fingerprint density at radius 2 is 1.78 bits per heavy atom. The summed E-state index contributed by atoms with van der Waals surface area (Å²) in [7, 11) is 5.92. The first kappa shape index (κ1) is 25.7. The molecule has 0 unspecified atom stereocenters. The number of amides is 2. The van der Waals surface area contributed by atoms with Crippen LogP contribution in [0.25, 0.3) is 0 Å². The number of pyridine rings is 1. The number of nitrogens with zero attached hydrogens (tertiary/aromatic N) is 4. The summed E-state index contributed by atoms with van der Waals surface area (Å²) in [4.78, 5) is 37.5. The fourth-order valence-corrected chi connectivity index (χ4v) is 6.65. The lowest BCUT2D eigenvalue weighted by atomic mass is 9.68. The van der Waals surface area contributed by atoms with Crippen molar-refractivity contribution in [1.29, 1.82) is 0 Å². The van der Waals surface area contributed by atoms with Gasteiger partial charge in [0.15, 0.2) is 5.78 Å². The molecule has 1 spiro atoms. The molecule has 0 N–H and O–H groups in total. The van der Waals surface area contributed by atoms with E-state index in [2.05, 4.69) is 59.2 Å². The lowest BCUT2D eigenvalue weighted by Crippen LogP contribution is -2.56. The van der Waals surface area contributed by atoms with E-state index in [4.69, 9.17) is 4.74 Å². The minimum absolute atomic E-state index is 0.0116. The second-order valence-corrected chi connectivity index (χ2v) is 11.4. The van der Waals surface area contributed by atoms with Crippen LogP contribution < -0.4 is 4.74 Å². The van der Waals surface area contributed by atoms with Crippen LogP contribution in [0.15, 0.2) is 48.5 Å². The summed E-state index contributed by atoms with van der Waals surface area (Å²) in [6, 6.07) is 16.3. The molecule has 2 aliphatic carbocycles. The fraction of sp³-hybridized carbons (Fsp3) is 0.567. The maximum absolute atomic E-state index is 13.8. The number of Topliss-reactive ketones (excluding diaryl/α,β-unsaturated/α-hetero) is 1. The van der Waals surface area contributed by atoms with Gasteiger partial charge in [0.2, 0.25) is 5.88 Å². The van der Waals surface area contributed by atoms with Crippen LogP contribution in [0.4, 0.5) is 4.79 Å². The largest absolute Gasteiger partial charge is 0.481 e. The summed E-state index contributed by atoms with van der Waals surface area (Å²) in [5.41, 5.74) is 1.80. The molecule has 37 heavy (non-hydrogen) atoms. The van der Waals surface area contributed by atoms with E-state index in [1.165, 1.54) is 24.8 Å². The predicted octanol–water partition coefficient (Wildman–Crippen LogP) is 4.51. The highest BCUT2D eigenvalue weighted by molar-refractivity contribution is 5.88. The van der Waals surface area contributed by atoms with Crippen molar-refractivity contribution in [2.45, 2.75) is 62.4 Å². The number of ether oxygens (including phenoxy) is 1. The third-order valence-electron chi connectivity index (χ3n) is 9.14. The summed E-state index contributed by atoms with van der Waals surface area (Å²) >= 11 is 0. The van der Waals surface area contributed by atoms with Crippen molar-refractivity contribution >= 4 is 11.8 Å². The molecule has 7 nitrogen and oxygen atoms in total. The molecule has 1 saturated heterocycles. The molecular weight excluding hydrogens is 464 g/mol. The van der Waals surface area contributed by atoms with Crippen molar-refractivity contribution in [2.75, 3.05) is 40.8 Å². The van der Waals surface area contributed by atoms with E-state index < -0.39 is 0 Å². The summed E-state index contributed by atoms with van der Waals surface area (Å²) in [6.45, 7) is 1.59. The lowest BCUT2D eigenvalue weighted by molar-refractivity contribution is -0.119. The van der Waals surface area contributed by atoms with Crippen LogP contribution in [0.5, 0.6) is 5.88 Å². The summed E-state index contributed by atoms with van der Waals surface area (Å²) in [5.74, 6) is 1.10.